The van der Waals surface area contributed by atoms with E-state index in [4.69, 9.17) is 0 Å². The van der Waals surface area contributed by atoms with Crippen molar-refractivity contribution in [2.75, 3.05) is 5.32 Å². The molecule has 1 aromatic carbocycles. The van der Waals surface area contributed by atoms with E-state index < -0.39 is 11.6 Å². The number of hydrogen-bond acceptors (Lipinski definition) is 4. The van der Waals surface area contributed by atoms with Gasteiger partial charge in [-0.05, 0) is 31.0 Å². The topological polar surface area (TPSA) is 59.8 Å². The van der Waals surface area contributed by atoms with Crippen molar-refractivity contribution in [2.45, 2.75) is 38.0 Å². The molecule has 1 fully saturated rings. The molecule has 0 radical (unpaired) electrons. The normalized spacial score (nSPS) is 15.2. The van der Waals surface area contributed by atoms with Gasteiger partial charge < -0.3 is 9.88 Å². The summed E-state index contributed by atoms with van der Waals surface area (Å²) in [5.41, 5.74) is 1.58. The maximum atomic E-state index is 14.0. The molecule has 0 unspecified atom stereocenters. The number of fused-ring (bicyclic) bond motifs is 1. The maximum absolute atomic E-state index is 14.0. The molecule has 4 rings (SSSR count). The number of halogens is 2. The molecule has 2 aromatic heterocycles. The molecule has 27 heavy (non-hydrogen) atoms. The summed E-state index contributed by atoms with van der Waals surface area (Å²) in [6, 6.07) is 4.85. The second-order valence-corrected chi connectivity index (χ2v) is 7.04. The zero-order valence-corrected chi connectivity index (χ0v) is 15.0. The average Bonchev–Trinajstić information content (AvgIpc) is 2.68. The third-order valence-corrected chi connectivity index (χ3v) is 5.24. The van der Waals surface area contributed by atoms with Gasteiger partial charge in [0.25, 0.3) is 5.56 Å². The minimum atomic E-state index is -0.757. The van der Waals surface area contributed by atoms with Gasteiger partial charge in [0.2, 0.25) is 0 Å². The number of hydrogen-bond donors (Lipinski definition) is 1. The van der Waals surface area contributed by atoms with E-state index >= 15 is 0 Å². The molecule has 1 N–H and O–H groups in total. The summed E-state index contributed by atoms with van der Waals surface area (Å²) in [5.74, 6) is -1.13. The number of benzene rings is 1. The third-order valence-electron chi connectivity index (χ3n) is 5.24. The van der Waals surface area contributed by atoms with Crippen LogP contribution in [0.5, 0.6) is 0 Å². The molecule has 5 nitrogen and oxygen atoms in total. The molecule has 1 aliphatic carbocycles. The first kappa shape index (κ1) is 17.6. The first-order valence-corrected chi connectivity index (χ1v) is 9.12. The van der Waals surface area contributed by atoms with Crippen LogP contribution in [0.25, 0.3) is 10.9 Å². The summed E-state index contributed by atoms with van der Waals surface area (Å²) in [4.78, 5) is 12.9. The van der Waals surface area contributed by atoms with Crippen molar-refractivity contribution in [1.82, 2.24) is 14.8 Å². The van der Waals surface area contributed by atoms with Crippen LogP contribution in [-0.2, 0) is 7.05 Å². The highest BCUT2D eigenvalue weighted by atomic mass is 19.1. The van der Waals surface area contributed by atoms with Gasteiger partial charge in [-0.15, -0.1) is 0 Å². The van der Waals surface area contributed by atoms with Crippen molar-refractivity contribution in [3.05, 3.63) is 58.1 Å². The van der Waals surface area contributed by atoms with Gasteiger partial charge in [0, 0.05) is 24.4 Å². The first-order chi connectivity index (χ1) is 13.0. The van der Waals surface area contributed by atoms with Gasteiger partial charge in [0.15, 0.2) is 0 Å². The highest BCUT2D eigenvalue weighted by molar-refractivity contribution is 5.84. The van der Waals surface area contributed by atoms with Crippen molar-refractivity contribution in [3.63, 3.8) is 0 Å². The molecular formula is C20H20F2N4O. The average molecular weight is 370 g/mol. The lowest BCUT2D eigenvalue weighted by Crippen LogP contribution is -2.22. The summed E-state index contributed by atoms with van der Waals surface area (Å²) >= 11 is 0. The van der Waals surface area contributed by atoms with Gasteiger partial charge >= 0.3 is 0 Å². The minimum absolute atomic E-state index is 0.0439. The quantitative estimate of drug-likeness (QED) is 0.742. The van der Waals surface area contributed by atoms with Gasteiger partial charge in [0.05, 0.1) is 23.1 Å². The first-order valence-electron chi connectivity index (χ1n) is 9.12. The predicted octanol–water partition coefficient (Wildman–Crippen LogP) is 4.40. The van der Waals surface area contributed by atoms with Crippen molar-refractivity contribution >= 4 is 22.3 Å². The van der Waals surface area contributed by atoms with Crippen LogP contribution in [0.1, 0.15) is 43.7 Å². The lowest BCUT2D eigenvalue weighted by Gasteiger charge is -2.22. The molecule has 2 heterocycles. The van der Waals surface area contributed by atoms with Crippen LogP contribution in [-0.4, -0.2) is 14.8 Å². The predicted molar refractivity (Wildman–Crippen MR) is 100 cm³/mol. The molecule has 7 heteroatoms. The molecule has 0 aliphatic heterocycles. The van der Waals surface area contributed by atoms with Crippen molar-refractivity contribution in [1.29, 1.82) is 0 Å². The standard InChI is InChI=1S/C20H20F2N4O/c1-26-19-13(11-23-25-18(19)12-5-3-2-4-6-12)9-17(20(26)27)24-16-8-7-14(21)10-15(16)22/h7-12,24H,2-6H2,1H3. The zero-order chi connectivity index (χ0) is 19.0. The number of rotatable bonds is 3. The Kier molecular flexibility index (Phi) is 4.59. The van der Waals surface area contributed by atoms with Crippen LogP contribution in [0.2, 0.25) is 0 Å². The Morgan fingerprint density at radius 3 is 2.63 bits per heavy atom. The Labute approximate surface area is 155 Å². The molecule has 0 bridgehead atoms. The summed E-state index contributed by atoms with van der Waals surface area (Å²) < 4.78 is 28.6. The summed E-state index contributed by atoms with van der Waals surface area (Å²) in [7, 11) is 1.69. The van der Waals surface area contributed by atoms with E-state index in [0.29, 0.717) is 5.92 Å². The van der Waals surface area contributed by atoms with Crippen LogP contribution in [0.15, 0.2) is 35.3 Å². The van der Waals surface area contributed by atoms with E-state index in [1.54, 1.807) is 19.3 Å². The fourth-order valence-corrected chi connectivity index (χ4v) is 3.86. The van der Waals surface area contributed by atoms with Crippen LogP contribution >= 0.6 is 0 Å². The lowest BCUT2D eigenvalue weighted by atomic mass is 9.86. The Morgan fingerprint density at radius 2 is 1.89 bits per heavy atom. The van der Waals surface area contributed by atoms with Gasteiger partial charge in [-0.25, -0.2) is 8.78 Å². The fourth-order valence-electron chi connectivity index (χ4n) is 3.86. The van der Waals surface area contributed by atoms with E-state index in [0.717, 1.165) is 54.4 Å². The molecule has 3 aromatic rings. The molecule has 1 saturated carbocycles. The summed E-state index contributed by atoms with van der Waals surface area (Å²) in [6.45, 7) is 0. The van der Waals surface area contributed by atoms with Gasteiger partial charge in [-0.3, -0.25) is 4.79 Å². The smallest absolute Gasteiger partial charge is 0.274 e. The number of nitrogens with zero attached hydrogens (tertiary/aromatic N) is 3. The number of anilines is 2. The van der Waals surface area contributed by atoms with Crippen molar-refractivity contribution in [3.8, 4) is 0 Å². The molecular weight excluding hydrogens is 350 g/mol. The molecule has 1 aliphatic rings. The van der Waals surface area contributed by atoms with Crippen molar-refractivity contribution in [2.24, 2.45) is 7.05 Å². The highest BCUT2D eigenvalue weighted by Gasteiger charge is 2.22. The van der Waals surface area contributed by atoms with E-state index in [2.05, 4.69) is 15.5 Å². The maximum Gasteiger partial charge on any atom is 0.274 e. The van der Waals surface area contributed by atoms with Gasteiger partial charge in [0.1, 0.15) is 17.3 Å². The monoisotopic (exact) mass is 370 g/mol. The summed E-state index contributed by atoms with van der Waals surface area (Å²) in [6.07, 6.45) is 7.23. The third kappa shape index (κ3) is 3.29. The fraction of sp³-hybridized carbons (Fsp3) is 0.350. The largest absolute Gasteiger partial charge is 0.349 e. The van der Waals surface area contributed by atoms with Crippen molar-refractivity contribution < 1.29 is 8.78 Å². The summed E-state index contributed by atoms with van der Waals surface area (Å²) in [5, 5.41) is 12.0. The minimum Gasteiger partial charge on any atom is -0.349 e. The number of aryl methyl sites for hydroxylation is 1. The molecule has 0 atom stereocenters. The van der Waals surface area contributed by atoms with Crippen LogP contribution in [0.4, 0.5) is 20.2 Å². The van der Waals surface area contributed by atoms with Crippen LogP contribution in [0.3, 0.4) is 0 Å². The Bertz CT molecular complexity index is 1060. The molecule has 0 spiro atoms. The lowest BCUT2D eigenvalue weighted by molar-refractivity contribution is 0.435. The van der Waals surface area contributed by atoms with E-state index in [9.17, 15) is 13.6 Å². The van der Waals surface area contributed by atoms with E-state index in [1.165, 1.54) is 17.1 Å². The van der Waals surface area contributed by atoms with Gasteiger partial charge in [-0.1, -0.05) is 19.3 Å². The Hall–Kier alpha value is -2.83. The highest BCUT2D eigenvalue weighted by Crippen LogP contribution is 2.34. The van der Waals surface area contributed by atoms with Gasteiger partial charge in [-0.2, -0.15) is 10.2 Å². The second-order valence-electron chi connectivity index (χ2n) is 7.04. The number of nitrogens with one attached hydrogen (secondary N) is 1. The SMILES string of the molecule is Cn1c(=O)c(Nc2ccc(F)cc2F)cc2cnnc(C3CCCCC3)c21. The molecule has 0 saturated heterocycles. The Balaban J connectivity index is 1.80. The zero-order valence-electron chi connectivity index (χ0n) is 15.0. The van der Waals surface area contributed by atoms with E-state index in [1.807, 2.05) is 0 Å². The second kappa shape index (κ2) is 7.06. The van der Waals surface area contributed by atoms with Crippen LogP contribution in [0, 0.1) is 11.6 Å². The molecule has 0 amide bonds. The van der Waals surface area contributed by atoms with E-state index in [-0.39, 0.29) is 16.9 Å². The number of aromatic nitrogens is 3. The van der Waals surface area contributed by atoms with Crippen LogP contribution < -0.4 is 10.9 Å². The molecule has 140 valence electrons. The number of pyridine rings is 1. The Morgan fingerprint density at radius 1 is 1.11 bits per heavy atom.